The molecule has 4 aliphatic rings. The topological polar surface area (TPSA) is 130 Å². The molecule has 77 heavy (non-hydrogen) atoms. The summed E-state index contributed by atoms with van der Waals surface area (Å²) >= 11 is 0.331. The Kier molecular flexibility index (Phi) is 19.1. The number of morpholine rings is 2. The van der Waals surface area contributed by atoms with Crippen molar-refractivity contribution in [1.82, 2.24) is 29.4 Å². The van der Waals surface area contributed by atoms with Gasteiger partial charge in [0.15, 0.2) is 0 Å². The van der Waals surface area contributed by atoms with Crippen molar-refractivity contribution in [2.45, 2.75) is 36.0 Å². The number of hydrogen-bond acceptors (Lipinski definition) is 11. The van der Waals surface area contributed by atoms with Gasteiger partial charge in [0.05, 0.1) is 37.6 Å². The van der Waals surface area contributed by atoms with Gasteiger partial charge < -0.3 is 39.7 Å². The van der Waals surface area contributed by atoms with Crippen molar-refractivity contribution >= 4 is 58.9 Å². The van der Waals surface area contributed by atoms with E-state index in [0.29, 0.717) is 102 Å². The third-order valence-electron chi connectivity index (χ3n) is 14.1. The van der Waals surface area contributed by atoms with E-state index in [-0.39, 0.29) is 71.4 Å². The Bertz CT molecular complexity index is 2610. The first-order chi connectivity index (χ1) is 36.9. The quantitative estimate of drug-likeness (QED) is 0.0835. The van der Waals surface area contributed by atoms with Gasteiger partial charge in [-0.3, -0.25) is 29.0 Å². The van der Waals surface area contributed by atoms with Crippen molar-refractivity contribution in [1.29, 1.82) is 0 Å². The lowest BCUT2D eigenvalue weighted by atomic mass is 9.92. The van der Waals surface area contributed by atoms with Gasteiger partial charge in [-0.15, -0.1) is 0 Å². The molecule has 8 rings (SSSR count). The van der Waals surface area contributed by atoms with Crippen LogP contribution >= 0.6 is 11.8 Å². The lowest BCUT2D eigenvalue weighted by Crippen LogP contribution is -2.49. The van der Waals surface area contributed by atoms with Gasteiger partial charge in [0.2, 0.25) is 23.6 Å². The van der Waals surface area contributed by atoms with E-state index >= 15 is 26.3 Å². The van der Waals surface area contributed by atoms with E-state index in [4.69, 9.17) is 9.47 Å². The summed E-state index contributed by atoms with van der Waals surface area (Å²) in [4.78, 5) is 60.6. The van der Waals surface area contributed by atoms with Crippen LogP contribution in [0.25, 0.3) is 34.4 Å². The zero-order valence-corrected chi connectivity index (χ0v) is 44.0. The first-order valence-corrected chi connectivity index (χ1v) is 26.6. The van der Waals surface area contributed by atoms with Crippen molar-refractivity contribution < 1.29 is 55.0 Å². The van der Waals surface area contributed by atoms with E-state index in [1.165, 1.54) is 72.2 Å². The number of ether oxygens (including phenoxy) is 2. The Morgan fingerprint density at radius 3 is 1.23 bits per heavy atom. The minimum atomic E-state index is -5.13. The fourth-order valence-electron chi connectivity index (χ4n) is 9.90. The number of piperazine rings is 2. The summed E-state index contributed by atoms with van der Waals surface area (Å²) in [5, 5.41) is 6.61. The van der Waals surface area contributed by atoms with Crippen LogP contribution in [0.2, 0.25) is 0 Å². The molecular weight excluding hydrogens is 1030 g/mol. The van der Waals surface area contributed by atoms with Crippen molar-refractivity contribution in [3.8, 4) is 22.3 Å². The summed E-state index contributed by atoms with van der Waals surface area (Å²) in [6.07, 6.45) is -5.30. The zero-order valence-electron chi connectivity index (χ0n) is 43.2. The molecule has 4 heterocycles. The summed E-state index contributed by atoms with van der Waals surface area (Å²) < 4.78 is 107. The second-order valence-corrected chi connectivity index (χ2v) is 20.2. The van der Waals surface area contributed by atoms with E-state index in [2.05, 4.69) is 20.4 Å². The van der Waals surface area contributed by atoms with Gasteiger partial charge in [0.25, 0.3) is 0 Å². The maximum atomic E-state index is 16.1. The third-order valence-corrected chi connectivity index (χ3v) is 15.2. The van der Waals surface area contributed by atoms with Gasteiger partial charge in [-0.25, -0.2) is 0 Å². The molecular formula is C56H64F6N8O6S. The van der Waals surface area contributed by atoms with Gasteiger partial charge in [-0.2, -0.15) is 26.3 Å². The Balaban J connectivity index is 1.20. The highest BCUT2D eigenvalue weighted by Gasteiger charge is 2.41. The molecule has 0 bridgehead atoms. The van der Waals surface area contributed by atoms with Crippen LogP contribution in [-0.4, -0.2) is 184 Å². The molecule has 4 aromatic rings. The Labute approximate surface area is 449 Å². The van der Waals surface area contributed by atoms with E-state index in [0.717, 1.165) is 38.3 Å². The van der Waals surface area contributed by atoms with Crippen LogP contribution in [0.5, 0.6) is 0 Å². The standard InChI is InChI=1S/C56H64F6N8O6S/c1-39(71)67-21-25-69(26-22-67)49(73)15-11-41-9-13-47(53(55(57,58)59)51(41)43-5-3-7-45(37-43)63-17-19-65-29-33-75-34-30-65)77-48-14-10-42(12-16-50(74)70-27-23-68(24-28-70)40(2)72)52(54(48)56(60,61)62)44-6-4-8-46(38-44)64-18-20-66-31-35-76-36-32-66/h3-16,37-38,63-64H,17-36H2,1-2H3/b15-11+,16-12+. The molecule has 0 radical (unpaired) electrons. The maximum Gasteiger partial charge on any atom is 0.418 e. The summed E-state index contributed by atoms with van der Waals surface area (Å²) in [6.45, 7) is 12.5. The maximum absolute atomic E-state index is 16.1. The number of nitrogens with zero attached hydrogens (tertiary/aromatic N) is 6. The number of carbonyl (C=O) groups is 4. The van der Waals surface area contributed by atoms with Gasteiger partial charge in [0, 0.05) is 163 Å². The minimum Gasteiger partial charge on any atom is -0.384 e. The molecule has 0 unspecified atom stereocenters. The number of alkyl halides is 6. The fourth-order valence-corrected chi connectivity index (χ4v) is 11.1. The number of anilines is 2. The Hall–Kier alpha value is -6.39. The van der Waals surface area contributed by atoms with Gasteiger partial charge in [-0.1, -0.05) is 48.2 Å². The van der Waals surface area contributed by atoms with Crippen molar-refractivity contribution in [3.05, 3.63) is 107 Å². The predicted molar refractivity (Wildman–Crippen MR) is 285 cm³/mol. The molecule has 4 saturated heterocycles. The Morgan fingerprint density at radius 2 is 0.883 bits per heavy atom. The number of nitrogens with one attached hydrogen (secondary N) is 2. The molecule has 0 saturated carbocycles. The highest BCUT2D eigenvalue weighted by atomic mass is 32.2. The molecule has 0 atom stereocenters. The summed E-state index contributed by atoms with van der Waals surface area (Å²) in [5.41, 5.74) is -1.81. The lowest BCUT2D eigenvalue weighted by Gasteiger charge is -2.33. The van der Waals surface area contributed by atoms with Crippen molar-refractivity contribution in [2.75, 3.05) is 142 Å². The number of rotatable bonds is 16. The predicted octanol–water partition coefficient (Wildman–Crippen LogP) is 8.11. The van der Waals surface area contributed by atoms with Gasteiger partial charge in [-0.05, 0) is 70.8 Å². The van der Waals surface area contributed by atoms with Gasteiger partial charge in [0.1, 0.15) is 0 Å². The molecule has 2 N–H and O–H groups in total. The second kappa shape index (κ2) is 25.8. The summed E-state index contributed by atoms with van der Waals surface area (Å²) in [6, 6.07) is 17.8. The van der Waals surface area contributed by atoms with Crippen molar-refractivity contribution in [3.63, 3.8) is 0 Å². The molecule has 412 valence electrons. The number of carbonyl (C=O) groups excluding carboxylic acids is 4. The molecule has 0 aliphatic carbocycles. The number of hydrogen-bond donors (Lipinski definition) is 2. The average Bonchev–Trinajstić information content (AvgIpc) is 3.43. The van der Waals surface area contributed by atoms with Crippen molar-refractivity contribution in [2.24, 2.45) is 0 Å². The first-order valence-electron chi connectivity index (χ1n) is 25.8. The molecule has 14 nitrogen and oxygen atoms in total. The third kappa shape index (κ3) is 15.0. The van der Waals surface area contributed by atoms with E-state index in [1.54, 1.807) is 46.2 Å². The molecule has 4 amide bonds. The Morgan fingerprint density at radius 1 is 0.519 bits per heavy atom. The molecule has 0 spiro atoms. The zero-order chi connectivity index (χ0) is 54.7. The number of benzene rings is 4. The average molecular weight is 1090 g/mol. The molecule has 21 heteroatoms. The lowest BCUT2D eigenvalue weighted by molar-refractivity contribution is -0.139. The van der Waals surface area contributed by atoms with Crippen LogP contribution in [-0.2, 0) is 41.0 Å². The van der Waals surface area contributed by atoms with E-state index in [1.807, 2.05) is 0 Å². The van der Waals surface area contributed by atoms with Crippen LogP contribution in [0.15, 0.2) is 94.7 Å². The first kappa shape index (κ1) is 56.8. The molecule has 4 fully saturated rings. The highest BCUT2D eigenvalue weighted by Crippen LogP contribution is 2.51. The van der Waals surface area contributed by atoms with E-state index in [9.17, 15) is 19.2 Å². The van der Waals surface area contributed by atoms with Crippen LogP contribution in [0.4, 0.5) is 37.7 Å². The smallest absolute Gasteiger partial charge is 0.384 e. The largest absolute Gasteiger partial charge is 0.418 e. The van der Waals surface area contributed by atoms with Gasteiger partial charge >= 0.3 is 12.4 Å². The fraction of sp³-hybridized carbons (Fsp3) is 0.429. The molecule has 4 aliphatic heterocycles. The van der Waals surface area contributed by atoms with Crippen LogP contribution in [0.1, 0.15) is 36.1 Å². The number of amides is 4. The van der Waals surface area contributed by atoms with Crippen LogP contribution in [0.3, 0.4) is 0 Å². The molecule has 0 aromatic heterocycles. The normalized spacial score (nSPS) is 17.4. The second-order valence-electron chi connectivity index (χ2n) is 19.2. The molecule has 4 aromatic carbocycles. The van der Waals surface area contributed by atoms with E-state index < -0.39 is 45.1 Å². The highest BCUT2D eigenvalue weighted by molar-refractivity contribution is 7.99. The monoisotopic (exact) mass is 1090 g/mol. The minimum absolute atomic E-state index is 0.00499. The van der Waals surface area contributed by atoms with Crippen LogP contribution in [0, 0.1) is 0 Å². The number of halogens is 6. The SMILES string of the molecule is CC(=O)N1CCN(C(=O)/C=C/c2ccc(Sc3ccc(/C=C/C(=O)N4CCN(C(C)=O)CC4)c(-c4cccc(NCCN5CCOCC5)c4)c3C(F)(F)F)c(C(F)(F)F)c2-c2cccc(NCCN3CCOCC3)c2)CC1. The summed E-state index contributed by atoms with van der Waals surface area (Å²) in [7, 11) is 0. The summed E-state index contributed by atoms with van der Waals surface area (Å²) in [5.74, 6) is -1.23. The van der Waals surface area contributed by atoms with Crippen LogP contribution < -0.4 is 10.6 Å².